The minimum absolute atomic E-state index is 0.176. The highest BCUT2D eigenvalue weighted by atomic mass is 16.6. The topological polar surface area (TPSA) is 88.3 Å². The fraction of sp³-hybridized carbons (Fsp3) is 0.0833. The van der Waals surface area contributed by atoms with Crippen LogP contribution in [-0.4, -0.2) is 15.0 Å². The van der Waals surface area contributed by atoms with Crippen LogP contribution < -0.4 is 5.32 Å². The quantitative estimate of drug-likeness (QED) is 0.637. The summed E-state index contributed by atoms with van der Waals surface area (Å²) >= 11 is 0. The van der Waals surface area contributed by atoms with Gasteiger partial charge in [0.05, 0.1) is 5.69 Å². The Morgan fingerprint density at radius 1 is 1.22 bits per heavy atom. The van der Waals surface area contributed by atoms with Crippen molar-refractivity contribution in [1.29, 1.82) is 0 Å². The maximum atomic E-state index is 10.4. The number of anilines is 1. The smallest absolute Gasteiger partial charge is 0.363 e. The number of nitrogens with zero attached hydrogens (tertiary/aromatic N) is 2. The number of rotatable bonds is 4. The Morgan fingerprint density at radius 3 is 2.50 bits per heavy atom. The Balaban J connectivity index is 1.97. The predicted molar refractivity (Wildman–Crippen MR) is 66.3 cm³/mol. The maximum Gasteiger partial charge on any atom is 0.363 e. The molecule has 92 valence electrons. The molecule has 0 fully saturated rings. The number of aromatic nitrogens is 1. The number of aromatic hydroxyl groups is 1. The molecule has 0 aliphatic rings. The van der Waals surface area contributed by atoms with Gasteiger partial charge in [0, 0.05) is 12.6 Å². The second-order valence-corrected chi connectivity index (χ2v) is 3.68. The van der Waals surface area contributed by atoms with Crippen LogP contribution in [-0.2, 0) is 6.54 Å². The first-order valence-corrected chi connectivity index (χ1v) is 5.27. The lowest BCUT2D eigenvalue weighted by Gasteiger charge is -2.04. The molecule has 0 spiro atoms. The van der Waals surface area contributed by atoms with Crippen molar-refractivity contribution in [3.05, 3.63) is 58.3 Å². The average Bonchev–Trinajstić information content (AvgIpc) is 2.38. The van der Waals surface area contributed by atoms with Gasteiger partial charge in [0.1, 0.15) is 5.75 Å². The lowest BCUT2D eigenvalue weighted by molar-refractivity contribution is -0.389. The number of hydrogen-bond acceptors (Lipinski definition) is 5. The first kappa shape index (κ1) is 11.8. The Labute approximate surface area is 103 Å². The third kappa shape index (κ3) is 2.94. The van der Waals surface area contributed by atoms with E-state index in [0.29, 0.717) is 12.2 Å². The number of nitro groups is 1. The summed E-state index contributed by atoms with van der Waals surface area (Å²) in [6, 6.07) is 9.74. The van der Waals surface area contributed by atoms with E-state index in [1.807, 2.05) is 0 Å². The van der Waals surface area contributed by atoms with Gasteiger partial charge < -0.3 is 20.5 Å². The monoisotopic (exact) mass is 245 g/mol. The standard InChI is InChI=1S/C12H11N3O3/c16-11-4-1-9(2-5-11)7-13-10-3-6-12(14-8-10)15(17)18/h1-6,8,13,16H,7H2. The van der Waals surface area contributed by atoms with Gasteiger partial charge in [-0.2, -0.15) is 0 Å². The zero-order valence-corrected chi connectivity index (χ0v) is 9.41. The summed E-state index contributed by atoms with van der Waals surface area (Å²) in [7, 11) is 0. The summed E-state index contributed by atoms with van der Waals surface area (Å²) in [4.78, 5) is 13.6. The third-order valence-electron chi connectivity index (χ3n) is 2.37. The van der Waals surface area contributed by atoms with Crippen molar-refractivity contribution in [1.82, 2.24) is 4.98 Å². The van der Waals surface area contributed by atoms with E-state index < -0.39 is 4.92 Å². The van der Waals surface area contributed by atoms with Crippen molar-refractivity contribution in [3.8, 4) is 5.75 Å². The van der Waals surface area contributed by atoms with E-state index in [1.165, 1.54) is 12.3 Å². The van der Waals surface area contributed by atoms with Crippen molar-refractivity contribution < 1.29 is 10.0 Å². The second kappa shape index (κ2) is 5.13. The second-order valence-electron chi connectivity index (χ2n) is 3.68. The van der Waals surface area contributed by atoms with Crippen molar-refractivity contribution in [2.24, 2.45) is 0 Å². The van der Waals surface area contributed by atoms with Gasteiger partial charge in [-0.05, 0) is 33.7 Å². The molecule has 0 saturated carbocycles. The van der Waals surface area contributed by atoms with Gasteiger partial charge in [-0.1, -0.05) is 12.1 Å². The van der Waals surface area contributed by atoms with Gasteiger partial charge >= 0.3 is 5.82 Å². The van der Waals surface area contributed by atoms with Crippen molar-refractivity contribution >= 4 is 11.5 Å². The van der Waals surface area contributed by atoms with Crippen LogP contribution in [0.4, 0.5) is 11.5 Å². The maximum absolute atomic E-state index is 10.4. The molecule has 0 radical (unpaired) electrons. The summed E-state index contributed by atoms with van der Waals surface area (Å²) in [6.07, 6.45) is 1.42. The largest absolute Gasteiger partial charge is 0.508 e. The molecule has 6 heteroatoms. The SMILES string of the molecule is O=[N+]([O-])c1ccc(NCc2ccc(O)cc2)cn1. The molecular weight excluding hydrogens is 234 g/mol. The number of nitrogens with one attached hydrogen (secondary N) is 1. The molecule has 1 aromatic carbocycles. The Hall–Kier alpha value is -2.63. The molecule has 2 rings (SSSR count). The summed E-state index contributed by atoms with van der Waals surface area (Å²) in [5, 5.41) is 22.6. The summed E-state index contributed by atoms with van der Waals surface area (Å²) in [6.45, 7) is 0.555. The summed E-state index contributed by atoms with van der Waals surface area (Å²) < 4.78 is 0. The predicted octanol–water partition coefficient (Wildman–Crippen LogP) is 2.31. The van der Waals surface area contributed by atoms with Crippen molar-refractivity contribution in [2.75, 3.05) is 5.32 Å². The van der Waals surface area contributed by atoms with Gasteiger partial charge in [0.15, 0.2) is 6.20 Å². The lowest BCUT2D eigenvalue weighted by atomic mass is 10.2. The van der Waals surface area contributed by atoms with Gasteiger partial charge in [0.25, 0.3) is 0 Å². The Bertz CT molecular complexity index is 537. The van der Waals surface area contributed by atoms with Gasteiger partial charge in [-0.15, -0.1) is 0 Å². The zero-order chi connectivity index (χ0) is 13.0. The highest BCUT2D eigenvalue weighted by molar-refractivity contribution is 5.44. The molecule has 0 bridgehead atoms. The van der Waals surface area contributed by atoms with Gasteiger partial charge in [-0.25, -0.2) is 0 Å². The molecule has 0 aliphatic carbocycles. The van der Waals surface area contributed by atoms with E-state index in [0.717, 1.165) is 5.56 Å². The molecule has 0 amide bonds. The third-order valence-corrected chi connectivity index (χ3v) is 2.37. The van der Waals surface area contributed by atoms with E-state index >= 15 is 0 Å². The summed E-state index contributed by atoms with van der Waals surface area (Å²) in [5.74, 6) is 0.0425. The van der Waals surface area contributed by atoms with E-state index in [2.05, 4.69) is 10.3 Å². The molecule has 0 unspecified atom stereocenters. The number of hydrogen-bond donors (Lipinski definition) is 2. The molecule has 1 heterocycles. The first-order valence-electron chi connectivity index (χ1n) is 5.27. The van der Waals surface area contributed by atoms with E-state index in [4.69, 9.17) is 5.11 Å². The lowest BCUT2D eigenvalue weighted by Crippen LogP contribution is -2.00. The fourth-order valence-electron chi connectivity index (χ4n) is 1.42. The molecule has 18 heavy (non-hydrogen) atoms. The van der Waals surface area contributed by atoms with E-state index in [-0.39, 0.29) is 11.6 Å². The number of pyridine rings is 1. The Kier molecular flexibility index (Phi) is 3.38. The van der Waals surface area contributed by atoms with Crippen LogP contribution in [0, 0.1) is 10.1 Å². The molecular formula is C12H11N3O3. The summed E-state index contributed by atoms with van der Waals surface area (Å²) in [5.41, 5.74) is 1.69. The van der Waals surface area contributed by atoms with Gasteiger partial charge in [0.2, 0.25) is 0 Å². The molecule has 6 nitrogen and oxygen atoms in total. The minimum atomic E-state index is -0.538. The molecule has 2 aromatic rings. The van der Waals surface area contributed by atoms with Crippen LogP contribution in [0.5, 0.6) is 5.75 Å². The first-order chi connectivity index (χ1) is 8.65. The highest BCUT2D eigenvalue weighted by Crippen LogP contribution is 2.14. The molecule has 1 aromatic heterocycles. The van der Waals surface area contributed by atoms with Crippen LogP contribution in [0.25, 0.3) is 0 Å². The number of phenolic OH excluding ortho intramolecular Hbond substituents is 1. The molecule has 2 N–H and O–H groups in total. The van der Waals surface area contributed by atoms with E-state index in [9.17, 15) is 10.1 Å². The van der Waals surface area contributed by atoms with Crippen LogP contribution in [0.2, 0.25) is 0 Å². The molecule has 0 aliphatic heterocycles. The molecule has 0 saturated heterocycles. The average molecular weight is 245 g/mol. The van der Waals surface area contributed by atoms with Crippen LogP contribution in [0.15, 0.2) is 42.6 Å². The van der Waals surface area contributed by atoms with E-state index in [1.54, 1.807) is 30.3 Å². The highest BCUT2D eigenvalue weighted by Gasteiger charge is 2.05. The minimum Gasteiger partial charge on any atom is -0.508 e. The zero-order valence-electron chi connectivity index (χ0n) is 9.41. The van der Waals surface area contributed by atoms with Crippen LogP contribution in [0.1, 0.15) is 5.56 Å². The fourth-order valence-corrected chi connectivity index (χ4v) is 1.42. The Morgan fingerprint density at radius 2 is 1.94 bits per heavy atom. The van der Waals surface area contributed by atoms with Crippen molar-refractivity contribution in [2.45, 2.75) is 6.54 Å². The van der Waals surface area contributed by atoms with Crippen LogP contribution in [0.3, 0.4) is 0 Å². The number of phenols is 1. The van der Waals surface area contributed by atoms with Gasteiger partial charge in [-0.3, -0.25) is 0 Å². The van der Waals surface area contributed by atoms with Crippen LogP contribution >= 0.6 is 0 Å². The normalized spacial score (nSPS) is 10.0. The van der Waals surface area contributed by atoms with Crippen molar-refractivity contribution in [3.63, 3.8) is 0 Å². The number of benzene rings is 1. The molecule has 0 atom stereocenters.